The van der Waals surface area contributed by atoms with E-state index in [0.717, 1.165) is 27.1 Å². The van der Waals surface area contributed by atoms with E-state index >= 15 is 0 Å². The second-order valence-corrected chi connectivity index (χ2v) is 8.25. The standard InChI is InChI=1S/C21H17BrCl2N4O/c22-16-4-2-1-3-14(16)19-15(12-25)20(26)28(13-5-6-17(23)18(24)11-13)21(19)27-7-9-29-10-8-27/h1-6,11H,7-10,26H2. The number of nitrogen functional groups attached to an aromatic ring is 1. The lowest BCUT2D eigenvalue weighted by atomic mass is 10.0. The number of aromatic nitrogens is 1. The van der Waals surface area contributed by atoms with Gasteiger partial charge in [-0.25, -0.2) is 0 Å². The lowest BCUT2D eigenvalue weighted by Crippen LogP contribution is -2.37. The molecule has 4 rings (SSSR count). The maximum atomic E-state index is 9.98. The lowest BCUT2D eigenvalue weighted by Gasteiger charge is -2.31. The van der Waals surface area contributed by atoms with Crippen LogP contribution in [-0.2, 0) is 4.74 Å². The molecule has 1 aliphatic rings. The van der Waals surface area contributed by atoms with Gasteiger partial charge in [0.2, 0.25) is 0 Å². The van der Waals surface area contributed by atoms with E-state index in [2.05, 4.69) is 26.9 Å². The third-order valence-electron chi connectivity index (χ3n) is 4.91. The molecule has 3 aromatic rings. The third-order valence-corrected chi connectivity index (χ3v) is 6.34. The van der Waals surface area contributed by atoms with Gasteiger partial charge in [0.1, 0.15) is 23.3 Å². The van der Waals surface area contributed by atoms with E-state index in [1.54, 1.807) is 12.1 Å². The van der Waals surface area contributed by atoms with Crippen LogP contribution in [0, 0.1) is 11.3 Å². The summed E-state index contributed by atoms with van der Waals surface area (Å²) in [6.07, 6.45) is 0. The Kier molecular flexibility index (Phi) is 5.75. The van der Waals surface area contributed by atoms with Crippen LogP contribution < -0.4 is 10.6 Å². The normalized spacial score (nSPS) is 14.1. The fraction of sp³-hybridized carbons (Fsp3) is 0.190. The number of rotatable bonds is 3. The summed E-state index contributed by atoms with van der Waals surface area (Å²) in [5, 5.41) is 10.9. The summed E-state index contributed by atoms with van der Waals surface area (Å²) in [4.78, 5) is 2.19. The SMILES string of the molecule is N#Cc1c(-c2ccccc2Br)c(N2CCOCC2)n(-c2ccc(Cl)c(Cl)c2)c1N. The molecule has 0 aliphatic carbocycles. The van der Waals surface area contributed by atoms with E-state index < -0.39 is 0 Å². The summed E-state index contributed by atoms with van der Waals surface area (Å²) in [5.74, 6) is 1.20. The number of anilines is 2. The molecule has 1 saturated heterocycles. The van der Waals surface area contributed by atoms with Crippen molar-refractivity contribution in [3.8, 4) is 22.9 Å². The number of nitrogens with two attached hydrogens (primary N) is 1. The van der Waals surface area contributed by atoms with Gasteiger partial charge in [0.15, 0.2) is 0 Å². The number of nitrogens with zero attached hydrogens (tertiary/aromatic N) is 3. The Morgan fingerprint density at radius 3 is 2.45 bits per heavy atom. The van der Waals surface area contributed by atoms with Gasteiger partial charge in [-0.15, -0.1) is 0 Å². The van der Waals surface area contributed by atoms with Gasteiger partial charge in [0.05, 0.1) is 28.9 Å². The number of nitriles is 1. The van der Waals surface area contributed by atoms with Crippen LogP contribution in [0.2, 0.25) is 10.0 Å². The molecule has 2 N–H and O–H groups in total. The molecule has 0 unspecified atom stereocenters. The van der Waals surface area contributed by atoms with Crippen molar-refractivity contribution < 1.29 is 4.74 Å². The van der Waals surface area contributed by atoms with Gasteiger partial charge >= 0.3 is 0 Å². The zero-order valence-corrected chi connectivity index (χ0v) is 18.4. The number of ether oxygens (including phenoxy) is 1. The van der Waals surface area contributed by atoms with Crippen molar-refractivity contribution in [3.63, 3.8) is 0 Å². The van der Waals surface area contributed by atoms with Gasteiger partial charge in [-0.2, -0.15) is 5.26 Å². The summed E-state index contributed by atoms with van der Waals surface area (Å²) >= 11 is 16.0. The Labute approximate surface area is 187 Å². The fourth-order valence-corrected chi connectivity index (χ4v) is 4.35. The van der Waals surface area contributed by atoms with Gasteiger partial charge in [0, 0.05) is 28.7 Å². The number of morpholine rings is 1. The maximum absolute atomic E-state index is 9.98. The van der Waals surface area contributed by atoms with Crippen molar-refractivity contribution >= 4 is 50.8 Å². The molecule has 0 atom stereocenters. The van der Waals surface area contributed by atoms with Crippen molar-refractivity contribution in [2.45, 2.75) is 0 Å². The Morgan fingerprint density at radius 1 is 1.07 bits per heavy atom. The van der Waals surface area contributed by atoms with Crippen molar-refractivity contribution in [1.29, 1.82) is 5.26 Å². The molecule has 1 fully saturated rings. The first-order chi connectivity index (χ1) is 14.0. The number of halogens is 3. The van der Waals surface area contributed by atoms with E-state index in [1.165, 1.54) is 0 Å². The van der Waals surface area contributed by atoms with E-state index in [4.69, 9.17) is 33.7 Å². The van der Waals surface area contributed by atoms with Crippen LogP contribution in [0.4, 0.5) is 11.6 Å². The van der Waals surface area contributed by atoms with Crippen LogP contribution in [0.5, 0.6) is 0 Å². The van der Waals surface area contributed by atoms with Gasteiger partial charge in [-0.05, 0) is 24.3 Å². The van der Waals surface area contributed by atoms with E-state index in [1.807, 2.05) is 34.9 Å². The summed E-state index contributed by atoms with van der Waals surface area (Å²) in [6.45, 7) is 2.58. The molecule has 0 spiro atoms. The van der Waals surface area contributed by atoms with Crippen molar-refractivity contribution in [2.24, 2.45) is 0 Å². The Balaban J connectivity index is 2.06. The molecular formula is C21H17BrCl2N4O. The Bertz CT molecular complexity index is 1120. The molecule has 8 heteroatoms. The third kappa shape index (κ3) is 3.60. The Hall–Kier alpha value is -2.17. The first-order valence-electron chi connectivity index (χ1n) is 9.00. The van der Waals surface area contributed by atoms with Crippen LogP contribution in [0.15, 0.2) is 46.9 Å². The summed E-state index contributed by atoms with van der Waals surface area (Å²) in [7, 11) is 0. The highest BCUT2D eigenvalue weighted by Gasteiger charge is 2.29. The van der Waals surface area contributed by atoms with E-state index in [0.29, 0.717) is 47.7 Å². The fourth-order valence-electron chi connectivity index (χ4n) is 3.57. The van der Waals surface area contributed by atoms with Gasteiger partial charge in [-0.3, -0.25) is 4.57 Å². The molecule has 2 heterocycles. The first kappa shape index (κ1) is 20.1. The Morgan fingerprint density at radius 2 is 1.79 bits per heavy atom. The molecule has 29 heavy (non-hydrogen) atoms. The quantitative estimate of drug-likeness (QED) is 0.524. The average Bonchev–Trinajstić information content (AvgIpc) is 3.03. The molecule has 148 valence electrons. The second kappa shape index (κ2) is 8.29. The number of hydrogen-bond donors (Lipinski definition) is 1. The van der Waals surface area contributed by atoms with Crippen molar-refractivity contribution in [3.05, 3.63) is 62.5 Å². The molecule has 0 bridgehead atoms. The van der Waals surface area contributed by atoms with Crippen LogP contribution in [0.3, 0.4) is 0 Å². The molecule has 1 aromatic heterocycles. The van der Waals surface area contributed by atoms with Crippen LogP contribution in [0.1, 0.15) is 5.56 Å². The highest BCUT2D eigenvalue weighted by atomic mass is 79.9. The lowest BCUT2D eigenvalue weighted by molar-refractivity contribution is 0.122. The van der Waals surface area contributed by atoms with E-state index in [-0.39, 0.29) is 0 Å². The summed E-state index contributed by atoms with van der Waals surface area (Å²) < 4.78 is 8.30. The first-order valence-corrected chi connectivity index (χ1v) is 10.5. The molecular weight excluding hydrogens is 475 g/mol. The molecule has 2 aromatic carbocycles. The van der Waals surface area contributed by atoms with Crippen LogP contribution in [-0.4, -0.2) is 30.9 Å². The average molecular weight is 492 g/mol. The monoisotopic (exact) mass is 490 g/mol. The smallest absolute Gasteiger partial charge is 0.128 e. The molecule has 5 nitrogen and oxygen atoms in total. The molecule has 0 radical (unpaired) electrons. The van der Waals surface area contributed by atoms with Crippen LogP contribution in [0.25, 0.3) is 16.8 Å². The number of hydrogen-bond acceptors (Lipinski definition) is 4. The highest BCUT2D eigenvalue weighted by Crippen LogP contribution is 2.45. The van der Waals surface area contributed by atoms with Crippen molar-refractivity contribution in [2.75, 3.05) is 36.9 Å². The maximum Gasteiger partial charge on any atom is 0.128 e. The van der Waals surface area contributed by atoms with Crippen LogP contribution >= 0.6 is 39.1 Å². The topological polar surface area (TPSA) is 67.2 Å². The largest absolute Gasteiger partial charge is 0.384 e. The van der Waals surface area contributed by atoms with Gasteiger partial charge < -0.3 is 15.4 Å². The van der Waals surface area contributed by atoms with Gasteiger partial charge in [-0.1, -0.05) is 57.3 Å². The zero-order valence-electron chi connectivity index (χ0n) is 15.3. The summed E-state index contributed by atoms with van der Waals surface area (Å²) in [6, 6.07) is 15.4. The minimum Gasteiger partial charge on any atom is -0.384 e. The summed E-state index contributed by atoms with van der Waals surface area (Å²) in [5.41, 5.74) is 9.37. The molecule has 1 aliphatic heterocycles. The minimum absolute atomic E-state index is 0.359. The predicted octanol–water partition coefficient (Wildman–Crippen LogP) is 5.50. The highest BCUT2D eigenvalue weighted by molar-refractivity contribution is 9.10. The zero-order chi connectivity index (χ0) is 20.5. The van der Waals surface area contributed by atoms with Gasteiger partial charge in [0.25, 0.3) is 0 Å². The second-order valence-electron chi connectivity index (χ2n) is 6.58. The number of benzene rings is 2. The molecule has 0 amide bonds. The molecule has 0 saturated carbocycles. The predicted molar refractivity (Wildman–Crippen MR) is 121 cm³/mol. The van der Waals surface area contributed by atoms with E-state index in [9.17, 15) is 5.26 Å². The minimum atomic E-state index is 0.359. The van der Waals surface area contributed by atoms with Crippen molar-refractivity contribution in [1.82, 2.24) is 4.57 Å².